The normalized spacial score (nSPS) is 15.1. The van der Waals surface area contributed by atoms with Gasteiger partial charge in [-0.3, -0.25) is 9.36 Å². The van der Waals surface area contributed by atoms with E-state index in [1.54, 1.807) is 17.6 Å². The van der Waals surface area contributed by atoms with Crippen molar-refractivity contribution in [3.63, 3.8) is 0 Å². The maximum atomic E-state index is 13.9. The van der Waals surface area contributed by atoms with Gasteiger partial charge in [-0.25, -0.2) is 9.79 Å². The van der Waals surface area contributed by atoms with E-state index in [4.69, 9.17) is 18.9 Å². The highest BCUT2D eigenvalue weighted by molar-refractivity contribution is 7.07. The summed E-state index contributed by atoms with van der Waals surface area (Å²) in [6.45, 7) is 4.40. The van der Waals surface area contributed by atoms with E-state index in [-0.39, 0.29) is 12.2 Å². The Labute approximate surface area is 229 Å². The molecule has 200 valence electrons. The molecule has 0 amide bonds. The van der Waals surface area contributed by atoms with Crippen LogP contribution in [0.2, 0.25) is 0 Å². The fourth-order valence-electron chi connectivity index (χ4n) is 4.46. The van der Waals surface area contributed by atoms with Crippen molar-refractivity contribution in [3.8, 4) is 5.75 Å². The van der Waals surface area contributed by atoms with E-state index in [9.17, 15) is 9.59 Å². The fraction of sp³-hybridized carbons (Fsp3) is 0.233. The number of furan rings is 1. The number of carbonyl (C=O) groups excluding carboxylic acids is 1. The van der Waals surface area contributed by atoms with E-state index < -0.39 is 12.0 Å². The third kappa shape index (κ3) is 5.18. The molecule has 2 aromatic heterocycles. The summed E-state index contributed by atoms with van der Waals surface area (Å²) in [7, 11) is 3.77. The molecule has 9 heteroatoms. The summed E-state index contributed by atoms with van der Waals surface area (Å²) in [4.78, 5) is 34.6. The highest BCUT2D eigenvalue weighted by atomic mass is 32.1. The molecule has 1 aliphatic heterocycles. The Morgan fingerprint density at radius 3 is 2.44 bits per heavy atom. The number of benzene rings is 2. The van der Waals surface area contributed by atoms with Crippen molar-refractivity contribution in [2.24, 2.45) is 4.99 Å². The Morgan fingerprint density at radius 1 is 1.05 bits per heavy atom. The third-order valence-corrected chi connectivity index (χ3v) is 7.19. The molecule has 0 spiro atoms. The summed E-state index contributed by atoms with van der Waals surface area (Å²) in [6, 6.07) is 19.8. The van der Waals surface area contributed by atoms with Crippen molar-refractivity contribution in [3.05, 3.63) is 109 Å². The van der Waals surface area contributed by atoms with E-state index in [0.29, 0.717) is 44.6 Å². The molecule has 3 heterocycles. The Hall–Kier alpha value is -4.37. The molecule has 0 saturated carbocycles. The number of thiazole rings is 1. The van der Waals surface area contributed by atoms with Crippen LogP contribution in [-0.2, 0) is 9.53 Å². The maximum absolute atomic E-state index is 13.9. The summed E-state index contributed by atoms with van der Waals surface area (Å²) in [5, 5.41) is 0. The smallest absolute Gasteiger partial charge is 0.338 e. The second kappa shape index (κ2) is 11.2. The van der Waals surface area contributed by atoms with Gasteiger partial charge < -0.3 is 18.8 Å². The van der Waals surface area contributed by atoms with Crippen LogP contribution in [0.15, 0.2) is 86.5 Å². The van der Waals surface area contributed by atoms with Crippen molar-refractivity contribution in [1.29, 1.82) is 0 Å². The number of rotatable bonds is 8. The average molecular weight is 544 g/mol. The van der Waals surface area contributed by atoms with Gasteiger partial charge in [0.25, 0.3) is 5.56 Å². The van der Waals surface area contributed by atoms with Gasteiger partial charge in [0, 0.05) is 31.8 Å². The molecule has 0 radical (unpaired) electrons. The molecule has 0 N–H and O–H groups in total. The van der Waals surface area contributed by atoms with Crippen molar-refractivity contribution in [1.82, 2.24) is 4.57 Å². The highest BCUT2D eigenvalue weighted by Gasteiger charge is 2.35. The minimum absolute atomic E-state index is 0.192. The first-order valence-corrected chi connectivity index (χ1v) is 13.5. The van der Waals surface area contributed by atoms with E-state index in [1.165, 1.54) is 11.3 Å². The molecular formula is C30H29N3O5S. The standard InChI is InChI=1S/C30H29N3O5S/c1-5-36-21-14-12-20(13-15-21)27-25(29(35)37-6-2)26(19-10-8-7-9-11-19)31-30-33(27)28(34)23(39-30)18-22-16-17-24(38-22)32(3)4/h7-18,27H,5-6H2,1-4H3. The number of hydrogen-bond acceptors (Lipinski definition) is 8. The Bertz CT molecular complexity index is 1700. The van der Waals surface area contributed by atoms with Gasteiger partial charge >= 0.3 is 5.97 Å². The van der Waals surface area contributed by atoms with Crippen LogP contribution < -0.4 is 24.5 Å². The Kier molecular flexibility index (Phi) is 7.51. The van der Waals surface area contributed by atoms with Gasteiger partial charge in [0.05, 0.1) is 35.1 Å². The lowest BCUT2D eigenvalue weighted by Crippen LogP contribution is -2.40. The van der Waals surface area contributed by atoms with Crippen LogP contribution in [0.4, 0.5) is 5.88 Å². The van der Waals surface area contributed by atoms with Gasteiger partial charge in [0.15, 0.2) is 10.7 Å². The largest absolute Gasteiger partial charge is 0.494 e. The molecule has 2 aromatic carbocycles. The number of fused-ring (bicyclic) bond motifs is 1. The molecule has 0 saturated heterocycles. The van der Waals surface area contributed by atoms with Crippen molar-refractivity contribution >= 4 is 35.0 Å². The molecule has 5 rings (SSSR count). The van der Waals surface area contributed by atoms with Gasteiger partial charge in [-0.1, -0.05) is 53.8 Å². The van der Waals surface area contributed by atoms with Gasteiger partial charge in [-0.2, -0.15) is 0 Å². The number of esters is 1. The topological polar surface area (TPSA) is 86.3 Å². The zero-order valence-electron chi connectivity index (χ0n) is 22.2. The Morgan fingerprint density at radius 2 is 1.79 bits per heavy atom. The number of carbonyl (C=O) groups is 1. The lowest BCUT2D eigenvalue weighted by atomic mass is 9.93. The maximum Gasteiger partial charge on any atom is 0.338 e. The van der Waals surface area contributed by atoms with Crippen LogP contribution >= 0.6 is 11.3 Å². The molecule has 39 heavy (non-hydrogen) atoms. The third-order valence-electron chi connectivity index (χ3n) is 6.21. The van der Waals surface area contributed by atoms with Crippen LogP contribution in [0.1, 0.15) is 36.8 Å². The monoisotopic (exact) mass is 543 g/mol. The first-order chi connectivity index (χ1) is 18.9. The molecule has 1 aliphatic rings. The molecule has 4 aromatic rings. The number of aromatic nitrogens is 1. The van der Waals surface area contributed by atoms with E-state index in [2.05, 4.69) is 0 Å². The zero-order valence-corrected chi connectivity index (χ0v) is 23.0. The summed E-state index contributed by atoms with van der Waals surface area (Å²) in [5.41, 5.74) is 2.02. The minimum Gasteiger partial charge on any atom is -0.494 e. The van der Waals surface area contributed by atoms with Crippen molar-refractivity contribution < 1.29 is 18.7 Å². The Balaban J connectivity index is 1.77. The molecule has 1 unspecified atom stereocenters. The summed E-state index contributed by atoms with van der Waals surface area (Å²) >= 11 is 1.25. The van der Waals surface area contributed by atoms with Crippen molar-refractivity contribution in [2.75, 3.05) is 32.2 Å². The quantitative estimate of drug-likeness (QED) is 0.313. The van der Waals surface area contributed by atoms with Crippen LogP contribution in [0.25, 0.3) is 11.8 Å². The number of anilines is 1. The molecule has 0 fully saturated rings. The predicted molar refractivity (Wildman–Crippen MR) is 152 cm³/mol. The lowest BCUT2D eigenvalue weighted by Gasteiger charge is -2.26. The van der Waals surface area contributed by atoms with Crippen LogP contribution in [0, 0.1) is 0 Å². The van der Waals surface area contributed by atoms with Crippen LogP contribution in [-0.4, -0.2) is 37.8 Å². The fourth-order valence-corrected chi connectivity index (χ4v) is 5.44. The molecular weight excluding hydrogens is 514 g/mol. The lowest BCUT2D eigenvalue weighted by molar-refractivity contribution is -0.138. The molecule has 8 nitrogen and oxygen atoms in total. The van der Waals surface area contributed by atoms with Gasteiger partial charge in [0.2, 0.25) is 0 Å². The highest BCUT2D eigenvalue weighted by Crippen LogP contribution is 2.35. The van der Waals surface area contributed by atoms with Crippen molar-refractivity contribution in [2.45, 2.75) is 19.9 Å². The van der Waals surface area contributed by atoms with Gasteiger partial charge in [0.1, 0.15) is 11.5 Å². The first kappa shape index (κ1) is 26.2. The number of hydrogen-bond donors (Lipinski definition) is 0. The van der Waals surface area contributed by atoms with Gasteiger partial charge in [-0.15, -0.1) is 0 Å². The van der Waals surface area contributed by atoms with Gasteiger partial charge in [-0.05, 0) is 37.6 Å². The van der Waals surface area contributed by atoms with Crippen LogP contribution in [0.5, 0.6) is 5.75 Å². The predicted octanol–water partition coefficient (Wildman–Crippen LogP) is 3.99. The second-order valence-corrected chi connectivity index (χ2v) is 10.0. The summed E-state index contributed by atoms with van der Waals surface area (Å²) in [5.74, 6) is 1.41. The minimum atomic E-state index is -0.748. The van der Waals surface area contributed by atoms with E-state index in [1.807, 2.05) is 92.6 Å². The summed E-state index contributed by atoms with van der Waals surface area (Å²) < 4.78 is 19.0. The van der Waals surface area contributed by atoms with E-state index >= 15 is 0 Å². The summed E-state index contributed by atoms with van der Waals surface area (Å²) in [6.07, 6.45) is 1.71. The first-order valence-electron chi connectivity index (χ1n) is 12.7. The van der Waals surface area contributed by atoms with E-state index in [0.717, 1.165) is 11.1 Å². The SMILES string of the molecule is CCOC(=O)C1=C(c2ccccc2)N=c2sc(=Cc3ccc(N(C)C)o3)c(=O)n2C1c1ccc(OCC)cc1. The molecule has 0 bridgehead atoms. The van der Waals surface area contributed by atoms with Crippen LogP contribution in [0.3, 0.4) is 0 Å². The number of ether oxygens (including phenoxy) is 2. The molecule has 0 aliphatic carbocycles. The number of nitrogens with zero attached hydrogens (tertiary/aromatic N) is 3. The zero-order chi connectivity index (χ0) is 27.5. The average Bonchev–Trinajstić information content (AvgIpc) is 3.54. The second-order valence-electron chi connectivity index (χ2n) is 9.00. The molecule has 1 atom stereocenters.